The molecule has 29 heavy (non-hydrogen) atoms. The number of amides is 1. The van der Waals surface area contributed by atoms with Crippen molar-refractivity contribution in [3.8, 4) is 11.1 Å². The van der Waals surface area contributed by atoms with Crippen LogP contribution < -0.4 is 10.0 Å². The fourth-order valence-corrected chi connectivity index (χ4v) is 4.16. The minimum absolute atomic E-state index is 0.175. The Bertz CT molecular complexity index is 1020. The van der Waals surface area contributed by atoms with Crippen LogP contribution in [0, 0.1) is 5.82 Å². The second-order valence-electron chi connectivity index (χ2n) is 7.22. The number of nitrogens with one attached hydrogen (secondary N) is 2. The fraction of sp³-hybridized carbons (Fsp3) is 0.316. The van der Waals surface area contributed by atoms with Gasteiger partial charge in [-0.1, -0.05) is 0 Å². The summed E-state index contributed by atoms with van der Waals surface area (Å²) < 4.78 is 16.6. The van der Waals surface area contributed by atoms with Gasteiger partial charge in [-0.05, 0) is 44.7 Å². The minimum Gasteiger partial charge on any atom is -0.305 e. The quantitative estimate of drug-likeness (QED) is 0.541. The van der Waals surface area contributed by atoms with Crippen LogP contribution in [0.5, 0.6) is 0 Å². The lowest BCUT2D eigenvalue weighted by Gasteiger charge is -2.20. The minimum atomic E-state index is -0.852. The molecule has 1 saturated carbocycles. The maximum absolute atomic E-state index is 13.3. The first kappa shape index (κ1) is 19.7. The third kappa shape index (κ3) is 4.70. The van der Waals surface area contributed by atoms with Crippen LogP contribution in [0.2, 0.25) is 0 Å². The Hall–Kier alpha value is -2.59. The number of hydrogen-bond acceptors (Lipinski definition) is 8. The highest BCUT2D eigenvalue weighted by molar-refractivity contribution is 8.01. The van der Waals surface area contributed by atoms with Crippen molar-refractivity contribution in [1.82, 2.24) is 19.9 Å². The van der Waals surface area contributed by atoms with Gasteiger partial charge in [-0.15, -0.1) is 11.3 Å². The van der Waals surface area contributed by atoms with Crippen molar-refractivity contribution in [2.75, 3.05) is 10.0 Å². The molecule has 1 aliphatic carbocycles. The topological polar surface area (TPSA) is 92.7 Å². The predicted molar refractivity (Wildman–Crippen MR) is 113 cm³/mol. The first-order chi connectivity index (χ1) is 13.9. The molecule has 1 fully saturated rings. The molecule has 0 bridgehead atoms. The van der Waals surface area contributed by atoms with E-state index >= 15 is 0 Å². The first-order valence-corrected chi connectivity index (χ1v) is 10.8. The van der Waals surface area contributed by atoms with E-state index in [1.54, 1.807) is 11.9 Å². The summed E-state index contributed by atoms with van der Waals surface area (Å²) in [5.41, 5.74) is 1.00. The van der Waals surface area contributed by atoms with Crippen molar-refractivity contribution in [3.05, 3.63) is 47.7 Å². The van der Waals surface area contributed by atoms with Gasteiger partial charge >= 0.3 is 0 Å². The molecule has 1 aliphatic rings. The molecule has 0 spiro atoms. The normalized spacial score (nSPS) is 13.9. The molecular weight excluding hydrogens is 411 g/mol. The van der Waals surface area contributed by atoms with Crippen molar-refractivity contribution < 1.29 is 9.18 Å². The monoisotopic (exact) mass is 430 g/mol. The summed E-state index contributed by atoms with van der Waals surface area (Å²) in [5, 5.41) is 6.08. The molecule has 10 heteroatoms. The van der Waals surface area contributed by atoms with Gasteiger partial charge in [0.25, 0.3) is 0 Å². The molecule has 0 atom stereocenters. The van der Waals surface area contributed by atoms with E-state index in [2.05, 4.69) is 30.0 Å². The summed E-state index contributed by atoms with van der Waals surface area (Å²) in [5.74, 6) is -0.521. The number of rotatable bonds is 7. The van der Waals surface area contributed by atoms with Crippen molar-refractivity contribution in [2.24, 2.45) is 0 Å². The maximum Gasteiger partial charge on any atom is 0.238 e. The molecule has 3 aromatic heterocycles. The van der Waals surface area contributed by atoms with Gasteiger partial charge in [-0.3, -0.25) is 15.1 Å². The van der Waals surface area contributed by atoms with Crippen LogP contribution in [0.25, 0.3) is 11.1 Å². The second kappa shape index (κ2) is 8.03. The lowest BCUT2D eigenvalue weighted by molar-refractivity contribution is -0.120. The number of hydrogen-bond donors (Lipinski definition) is 2. The van der Waals surface area contributed by atoms with Crippen LogP contribution in [0.1, 0.15) is 32.4 Å². The molecule has 1 amide bonds. The van der Waals surface area contributed by atoms with Gasteiger partial charge in [0.1, 0.15) is 5.82 Å². The Morgan fingerprint density at radius 1 is 1.21 bits per heavy atom. The van der Waals surface area contributed by atoms with Gasteiger partial charge in [-0.25, -0.2) is 19.3 Å². The number of aromatic nitrogens is 4. The molecule has 4 rings (SSSR count). The smallest absolute Gasteiger partial charge is 0.238 e. The Labute approximate surface area is 175 Å². The van der Waals surface area contributed by atoms with Crippen LogP contribution in [-0.4, -0.2) is 31.1 Å². The van der Waals surface area contributed by atoms with Crippen molar-refractivity contribution in [2.45, 2.75) is 37.4 Å². The molecule has 0 saturated heterocycles. The lowest BCUT2D eigenvalue weighted by Crippen LogP contribution is -2.35. The Morgan fingerprint density at radius 3 is 2.66 bits per heavy atom. The third-order valence-electron chi connectivity index (χ3n) is 4.46. The molecule has 0 unspecified atom stereocenters. The number of thiazole rings is 1. The van der Waals surface area contributed by atoms with E-state index in [9.17, 15) is 9.18 Å². The average Bonchev–Trinajstić information content (AvgIpc) is 3.41. The highest BCUT2D eigenvalue weighted by Gasteiger charge is 2.33. The van der Waals surface area contributed by atoms with Crippen molar-refractivity contribution in [3.63, 3.8) is 0 Å². The SMILES string of the molecule is CC(C)(C(=O)Nc1ncc(-c2cncc(F)c2)cn1)c1csc(NSC2CC2)n1. The molecule has 3 heterocycles. The molecule has 0 aliphatic heterocycles. The number of pyridine rings is 1. The molecular formula is C19H19FN6OS2. The molecule has 0 radical (unpaired) electrons. The maximum atomic E-state index is 13.3. The molecule has 150 valence electrons. The predicted octanol–water partition coefficient (Wildman–Crippen LogP) is 4.27. The van der Waals surface area contributed by atoms with Crippen LogP contribution in [0.3, 0.4) is 0 Å². The zero-order chi connectivity index (χ0) is 20.4. The number of halogens is 1. The van der Waals surface area contributed by atoms with E-state index in [4.69, 9.17) is 0 Å². The van der Waals surface area contributed by atoms with Gasteiger partial charge in [0.05, 0.1) is 17.3 Å². The van der Waals surface area contributed by atoms with Gasteiger partial charge in [0.2, 0.25) is 11.9 Å². The summed E-state index contributed by atoms with van der Waals surface area (Å²) in [6.45, 7) is 3.62. The third-order valence-corrected chi connectivity index (χ3v) is 6.47. The van der Waals surface area contributed by atoms with E-state index < -0.39 is 11.2 Å². The van der Waals surface area contributed by atoms with Crippen molar-refractivity contribution >= 4 is 40.3 Å². The van der Waals surface area contributed by atoms with Gasteiger partial charge in [0, 0.05) is 40.3 Å². The molecule has 0 aromatic carbocycles. The largest absolute Gasteiger partial charge is 0.305 e. The number of carbonyl (C=O) groups is 1. The Balaban J connectivity index is 1.42. The first-order valence-electron chi connectivity index (χ1n) is 9.04. The van der Waals surface area contributed by atoms with Crippen molar-refractivity contribution in [1.29, 1.82) is 0 Å². The number of carbonyl (C=O) groups excluding carboxylic acids is 1. The molecule has 3 aromatic rings. The summed E-state index contributed by atoms with van der Waals surface area (Å²) in [4.78, 5) is 29.5. The molecule has 2 N–H and O–H groups in total. The Morgan fingerprint density at radius 2 is 1.97 bits per heavy atom. The lowest BCUT2D eigenvalue weighted by atomic mass is 9.89. The van der Waals surface area contributed by atoms with Crippen LogP contribution >= 0.6 is 23.3 Å². The molecule has 7 nitrogen and oxygen atoms in total. The van der Waals surface area contributed by atoms with Gasteiger partial charge in [-0.2, -0.15) is 0 Å². The summed E-state index contributed by atoms with van der Waals surface area (Å²) in [6, 6.07) is 1.35. The van der Waals surface area contributed by atoms with Gasteiger partial charge in [0.15, 0.2) is 5.13 Å². The van der Waals surface area contributed by atoms with Crippen LogP contribution in [0.4, 0.5) is 15.5 Å². The standard InChI is InChI=1S/C19H19FN6OS2/c1-19(2,15-10-28-18(24-15)26-29-14-3-4-14)16(27)25-17-22-7-12(8-23-17)11-5-13(20)9-21-6-11/h5-10,14H,3-4H2,1-2H3,(H,24,26)(H,22,23,25,27). The second-order valence-corrected chi connectivity index (χ2v) is 9.19. The summed E-state index contributed by atoms with van der Waals surface area (Å²) >= 11 is 3.16. The van der Waals surface area contributed by atoms with Gasteiger partial charge < -0.3 is 4.72 Å². The zero-order valence-electron chi connectivity index (χ0n) is 15.8. The van der Waals surface area contributed by atoms with E-state index in [0.29, 0.717) is 22.1 Å². The summed E-state index contributed by atoms with van der Waals surface area (Å²) in [6.07, 6.45) is 8.16. The van der Waals surface area contributed by atoms with Crippen LogP contribution in [-0.2, 0) is 10.2 Å². The van der Waals surface area contributed by atoms with Crippen LogP contribution in [0.15, 0.2) is 36.2 Å². The average molecular weight is 431 g/mol. The van der Waals surface area contributed by atoms with E-state index in [1.807, 2.05) is 19.2 Å². The fourth-order valence-electron chi connectivity index (χ4n) is 2.41. The zero-order valence-corrected chi connectivity index (χ0v) is 17.5. The Kier molecular flexibility index (Phi) is 5.46. The number of nitrogens with zero attached hydrogens (tertiary/aromatic N) is 4. The van der Waals surface area contributed by atoms with E-state index in [1.165, 1.54) is 48.8 Å². The summed E-state index contributed by atoms with van der Waals surface area (Å²) in [7, 11) is 0. The van der Waals surface area contributed by atoms with E-state index in [-0.39, 0.29) is 11.9 Å². The number of anilines is 2. The highest BCUT2D eigenvalue weighted by Crippen LogP contribution is 2.36. The van der Waals surface area contributed by atoms with E-state index in [0.717, 1.165) is 11.3 Å². The highest BCUT2D eigenvalue weighted by atomic mass is 32.2.